The van der Waals surface area contributed by atoms with Gasteiger partial charge in [-0.05, 0) is 48.1 Å². The number of carbonyl (C=O) groups is 1. The second-order valence-electron chi connectivity index (χ2n) is 6.69. The van der Waals surface area contributed by atoms with Crippen LogP contribution in [0.3, 0.4) is 0 Å². The van der Waals surface area contributed by atoms with E-state index in [2.05, 4.69) is 37.4 Å². The molecule has 2 aromatic carbocycles. The number of hydrogen-bond acceptors (Lipinski definition) is 2. The maximum absolute atomic E-state index is 12.5. The average Bonchev–Trinajstić information content (AvgIpc) is 2.65. The molecular weight excluding hydrogens is 312 g/mol. The lowest BCUT2D eigenvalue weighted by Gasteiger charge is -2.29. The standard InChI is InChI=1S/C21H26N2O2/c1-16(2)18-8-5-10-19(15-18)25-14-12-22-21(24)23-13-6-9-17-7-3-4-11-20(17)23/h3-5,7-8,10-11,15-16H,6,9,12-14H2,1-2H3,(H,22,24). The molecule has 1 aliphatic rings. The molecule has 1 aliphatic heterocycles. The summed E-state index contributed by atoms with van der Waals surface area (Å²) in [5, 5.41) is 2.96. The molecule has 1 heterocycles. The van der Waals surface area contributed by atoms with Gasteiger partial charge in [-0.1, -0.05) is 44.2 Å². The average molecular weight is 338 g/mol. The van der Waals surface area contributed by atoms with Crippen molar-refractivity contribution in [3.63, 3.8) is 0 Å². The lowest BCUT2D eigenvalue weighted by Crippen LogP contribution is -2.44. The third-order valence-electron chi connectivity index (χ3n) is 4.53. The molecule has 0 aromatic heterocycles. The van der Waals surface area contributed by atoms with Gasteiger partial charge in [0.1, 0.15) is 12.4 Å². The molecule has 0 saturated carbocycles. The van der Waals surface area contributed by atoms with Crippen LogP contribution in [0.2, 0.25) is 0 Å². The van der Waals surface area contributed by atoms with Crippen LogP contribution >= 0.6 is 0 Å². The molecule has 4 nitrogen and oxygen atoms in total. The SMILES string of the molecule is CC(C)c1cccc(OCCNC(=O)N2CCCc3ccccc32)c1. The number of para-hydroxylation sites is 1. The first kappa shape index (κ1) is 17.3. The summed E-state index contributed by atoms with van der Waals surface area (Å²) in [5.41, 5.74) is 3.52. The number of benzene rings is 2. The van der Waals surface area contributed by atoms with Crippen molar-refractivity contribution in [3.8, 4) is 5.75 Å². The Kier molecular flexibility index (Phi) is 5.59. The van der Waals surface area contributed by atoms with Crippen molar-refractivity contribution in [2.24, 2.45) is 0 Å². The van der Waals surface area contributed by atoms with E-state index < -0.39 is 0 Å². The molecule has 25 heavy (non-hydrogen) atoms. The smallest absolute Gasteiger partial charge is 0.321 e. The highest BCUT2D eigenvalue weighted by Gasteiger charge is 2.21. The van der Waals surface area contributed by atoms with E-state index in [0.29, 0.717) is 19.1 Å². The number of fused-ring (bicyclic) bond motifs is 1. The summed E-state index contributed by atoms with van der Waals surface area (Å²) in [4.78, 5) is 14.3. The predicted octanol–water partition coefficient (Wildman–Crippen LogP) is 4.35. The molecule has 3 rings (SSSR count). The number of amides is 2. The minimum atomic E-state index is -0.0494. The Balaban J connectivity index is 1.50. The molecule has 0 unspecified atom stereocenters. The summed E-state index contributed by atoms with van der Waals surface area (Å²) < 4.78 is 5.77. The van der Waals surface area contributed by atoms with Crippen LogP contribution in [0, 0.1) is 0 Å². The summed E-state index contributed by atoms with van der Waals surface area (Å²) >= 11 is 0. The van der Waals surface area contributed by atoms with Gasteiger partial charge in [0.2, 0.25) is 0 Å². The minimum absolute atomic E-state index is 0.0494. The maximum atomic E-state index is 12.5. The zero-order valence-electron chi connectivity index (χ0n) is 15.0. The number of nitrogens with one attached hydrogen (secondary N) is 1. The van der Waals surface area contributed by atoms with E-state index in [-0.39, 0.29) is 6.03 Å². The number of hydrogen-bond donors (Lipinski definition) is 1. The fourth-order valence-electron chi connectivity index (χ4n) is 3.13. The Morgan fingerprint density at radius 3 is 2.88 bits per heavy atom. The minimum Gasteiger partial charge on any atom is -0.492 e. The molecule has 0 atom stereocenters. The van der Waals surface area contributed by atoms with Crippen LogP contribution in [0.15, 0.2) is 48.5 Å². The molecule has 132 valence electrons. The first-order chi connectivity index (χ1) is 12.1. The van der Waals surface area contributed by atoms with E-state index in [4.69, 9.17) is 4.74 Å². The van der Waals surface area contributed by atoms with E-state index >= 15 is 0 Å². The van der Waals surface area contributed by atoms with Crippen molar-refractivity contribution in [2.45, 2.75) is 32.6 Å². The quantitative estimate of drug-likeness (QED) is 0.824. The molecule has 0 fully saturated rings. The van der Waals surface area contributed by atoms with Gasteiger partial charge in [-0.3, -0.25) is 4.90 Å². The Bertz CT molecular complexity index is 727. The Labute approximate surface area is 149 Å². The van der Waals surface area contributed by atoms with Gasteiger partial charge in [-0.25, -0.2) is 4.79 Å². The third kappa shape index (κ3) is 4.32. The highest BCUT2D eigenvalue weighted by atomic mass is 16.5. The summed E-state index contributed by atoms with van der Waals surface area (Å²) in [6.45, 7) is 6.04. The van der Waals surface area contributed by atoms with Gasteiger partial charge in [-0.15, -0.1) is 0 Å². The van der Waals surface area contributed by atoms with Gasteiger partial charge in [0.25, 0.3) is 0 Å². The van der Waals surface area contributed by atoms with Crippen LogP contribution in [0.5, 0.6) is 5.75 Å². The summed E-state index contributed by atoms with van der Waals surface area (Å²) in [6.07, 6.45) is 2.04. The van der Waals surface area contributed by atoms with E-state index in [9.17, 15) is 4.79 Å². The molecule has 0 bridgehead atoms. The van der Waals surface area contributed by atoms with Gasteiger partial charge in [-0.2, -0.15) is 0 Å². The second-order valence-corrected chi connectivity index (χ2v) is 6.69. The molecule has 1 N–H and O–H groups in total. The second kappa shape index (κ2) is 8.06. The van der Waals surface area contributed by atoms with Gasteiger partial charge in [0.15, 0.2) is 0 Å². The van der Waals surface area contributed by atoms with Crippen LogP contribution in [0.25, 0.3) is 0 Å². The summed E-state index contributed by atoms with van der Waals surface area (Å²) in [6, 6.07) is 16.2. The van der Waals surface area contributed by atoms with Gasteiger partial charge >= 0.3 is 6.03 Å². The first-order valence-electron chi connectivity index (χ1n) is 9.01. The van der Waals surface area contributed by atoms with E-state index in [1.165, 1.54) is 11.1 Å². The number of ether oxygens (including phenoxy) is 1. The highest BCUT2D eigenvalue weighted by molar-refractivity contribution is 5.93. The summed E-state index contributed by atoms with van der Waals surface area (Å²) in [7, 11) is 0. The number of urea groups is 1. The predicted molar refractivity (Wildman–Crippen MR) is 102 cm³/mol. The number of aryl methyl sites for hydroxylation is 1. The molecule has 0 saturated heterocycles. The van der Waals surface area contributed by atoms with E-state index in [0.717, 1.165) is 30.8 Å². The molecule has 2 amide bonds. The molecular formula is C21H26N2O2. The van der Waals surface area contributed by atoms with E-state index in [1.54, 1.807) is 0 Å². The molecule has 4 heteroatoms. The Morgan fingerprint density at radius 1 is 1.20 bits per heavy atom. The zero-order chi connectivity index (χ0) is 17.6. The fraction of sp³-hybridized carbons (Fsp3) is 0.381. The molecule has 0 radical (unpaired) electrons. The van der Waals surface area contributed by atoms with Crippen molar-refractivity contribution in [1.82, 2.24) is 5.32 Å². The van der Waals surface area contributed by atoms with Crippen LogP contribution in [0.4, 0.5) is 10.5 Å². The van der Waals surface area contributed by atoms with Crippen LogP contribution in [-0.4, -0.2) is 25.7 Å². The van der Waals surface area contributed by atoms with E-state index in [1.807, 2.05) is 35.2 Å². The Hall–Kier alpha value is -2.49. The van der Waals surface area contributed by atoms with Crippen LogP contribution < -0.4 is 15.0 Å². The van der Waals surface area contributed by atoms with Crippen LogP contribution in [0.1, 0.15) is 37.3 Å². The van der Waals surface area contributed by atoms with Gasteiger partial charge in [0.05, 0.1) is 6.54 Å². The Morgan fingerprint density at radius 2 is 2.04 bits per heavy atom. The maximum Gasteiger partial charge on any atom is 0.321 e. The summed E-state index contributed by atoms with van der Waals surface area (Å²) in [5.74, 6) is 1.33. The third-order valence-corrected chi connectivity index (χ3v) is 4.53. The zero-order valence-corrected chi connectivity index (χ0v) is 15.0. The van der Waals surface area contributed by atoms with Crippen molar-refractivity contribution in [2.75, 3.05) is 24.6 Å². The van der Waals surface area contributed by atoms with Crippen molar-refractivity contribution in [3.05, 3.63) is 59.7 Å². The monoisotopic (exact) mass is 338 g/mol. The van der Waals surface area contributed by atoms with Crippen molar-refractivity contribution < 1.29 is 9.53 Å². The normalized spacial score (nSPS) is 13.5. The number of nitrogens with zero attached hydrogens (tertiary/aromatic N) is 1. The van der Waals surface area contributed by atoms with Crippen LogP contribution in [-0.2, 0) is 6.42 Å². The molecule has 0 spiro atoms. The molecule has 0 aliphatic carbocycles. The first-order valence-corrected chi connectivity index (χ1v) is 9.01. The fourth-order valence-corrected chi connectivity index (χ4v) is 3.13. The number of carbonyl (C=O) groups excluding carboxylic acids is 1. The topological polar surface area (TPSA) is 41.6 Å². The van der Waals surface area contributed by atoms with Crippen molar-refractivity contribution >= 4 is 11.7 Å². The lowest BCUT2D eigenvalue weighted by atomic mass is 10.0. The highest BCUT2D eigenvalue weighted by Crippen LogP contribution is 2.26. The van der Waals surface area contributed by atoms with Gasteiger partial charge in [0, 0.05) is 12.2 Å². The van der Waals surface area contributed by atoms with Crippen molar-refractivity contribution in [1.29, 1.82) is 0 Å². The largest absolute Gasteiger partial charge is 0.492 e. The van der Waals surface area contributed by atoms with Gasteiger partial charge < -0.3 is 10.1 Å². The lowest BCUT2D eigenvalue weighted by molar-refractivity contribution is 0.241. The number of rotatable bonds is 5. The number of anilines is 1. The molecule has 2 aromatic rings.